The zero-order valence-electron chi connectivity index (χ0n) is 11.1. The lowest BCUT2D eigenvalue weighted by Crippen LogP contribution is -2.22. The maximum absolute atomic E-state index is 12.0. The fourth-order valence-electron chi connectivity index (χ4n) is 1.47. The molecule has 1 aromatic heterocycles. The van der Waals surface area contributed by atoms with E-state index in [0.29, 0.717) is 0 Å². The fraction of sp³-hybridized carbons (Fsp3) is 0.308. The second-order valence-electron chi connectivity index (χ2n) is 4.20. The normalized spacial score (nSPS) is 12.2. The molecule has 0 bridgehead atoms. The van der Waals surface area contributed by atoms with Gasteiger partial charge in [0.1, 0.15) is 5.82 Å². The average molecular weight is 276 g/mol. The maximum Gasteiger partial charge on any atom is 0.237 e. The van der Waals surface area contributed by atoms with Gasteiger partial charge in [-0.2, -0.15) is 0 Å². The minimum Gasteiger partial charge on any atom is -0.325 e. The molecule has 1 atom stereocenters. The lowest BCUT2D eigenvalue weighted by molar-refractivity contribution is -0.115. The van der Waals surface area contributed by atoms with Gasteiger partial charge in [-0.15, -0.1) is 10.2 Å². The lowest BCUT2D eigenvalue weighted by Gasteiger charge is -2.11. The highest BCUT2D eigenvalue weighted by Crippen LogP contribution is 2.22. The van der Waals surface area contributed by atoms with Gasteiger partial charge in [0.25, 0.3) is 0 Å². The molecule has 2 rings (SSSR count). The van der Waals surface area contributed by atoms with Gasteiger partial charge < -0.3 is 9.88 Å². The van der Waals surface area contributed by atoms with Crippen LogP contribution in [-0.4, -0.2) is 25.9 Å². The first-order chi connectivity index (χ1) is 9.08. The molecule has 1 N–H and O–H groups in total. The number of amides is 1. The molecule has 0 fully saturated rings. The van der Waals surface area contributed by atoms with Crippen molar-refractivity contribution in [3.05, 3.63) is 36.2 Å². The molecule has 0 radical (unpaired) electrons. The van der Waals surface area contributed by atoms with Crippen LogP contribution in [0.3, 0.4) is 0 Å². The first-order valence-corrected chi connectivity index (χ1v) is 6.84. The van der Waals surface area contributed by atoms with Crippen molar-refractivity contribution in [2.24, 2.45) is 7.05 Å². The summed E-state index contributed by atoms with van der Waals surface area (Å²) in [6, 6.07) is 9.42. The van der Waals surface area contributed by atoms with Crippen molar-refractivity contribution < 1.29 is 4.79 Å². The number of para-hydroxylation sites is 1. The van der Waals surface area contributed by atoms with Crippen molar-refractivity contribution in [1.82, 2.24) is 14.8 Å². The van der Waals surface area contributed by atoms with Gasteiger partial charge in [0, 0.05) is 12.7 Å². The standard InChI is InChI=1S/C13H16N4OS/c1-9(19-13-16-15-10(2)17(13)3)12(18)14-11-7-5-4-6-8-11/h4-9H,1-3H3,(H,14,18)/t9-/m1/s1. The molecule has 1 aromatic carbocycles. The number of hydrogen-bond donors (Lipinski definition) is 1. The van der Waals surface area contributed by atoms with Gasteiger partial charge in [0.05, 0.1) is 5.25 Å². The van der Waals surface area contributed by atoms with Crippen LogP contribution < -0.4 is 5.32 Å². The highest BCUT2D eigenvalue weighted by molar-refractivity contribution is 8.00. The summed E-state index contributed by atoms with van der Waals surface area (Å²) in [5.74, 6) is 0.787. The van der Waals surface area contributed by atoms with Gasteiger partial charge in [0.2, 0.25) is 5.91 Å². The van der Waals surface area contributed by atoms with Crippen LogP contribution in [0.15, 0.2) is 35.5 Å². The monoisotopic (exact) mass is 276 g/mol. The fourth-order valence-corrected chi connectivity index (χ4v) is 2.33. The molecule has 0 unspecified atom stereocenters. The number of hydrogen-bond acceptors (Lipinski definition) is 4. The van der Waals surface area contributed by atoms with E-state index >= 15 is 0 Å². The van der Waals surface area contributed by atoms with Gasteiger partial charge in [-0.05, 0) is 26.0 Å². The van der Waals surface area contributed by atoms with Gasteiger partial charge in [-0.25, -0.2) is 0 Å². The Bertz CT molecular complexity index is 567. The van der Waals surface area contributed by atoms with Gasteiger partial charge in [-0.1, -0.05) is 30.0 Å². The lowest BCUT2D eigenvalue weighted by atomic mass is 10.3. The van der Waals surface area contributed by atoms with Crippen LogP contribution in [0.25, 0.3) is 0 Å². The average Bonchev–Trinajstić information content (AvgIpc) is 2.72. The third kappa shape index (κ3) is 3.35. The van der Waals surface area contributed by atoms with E-state index in [4.69, 9.17) is 0 Å². The summed E-state index contributed by atoms with van der Waals surface area (Å²) in [5, 5.41) is 11.4. The number of thioether (sulfide) groups is 1. The zero-order chi connectivity index (χ0) is 13.8. The molecule has 5 nitrogen and oxygen atoms in total. The Morgan fingerprint density at radius 1 is 1.32 bits per heavy atom. The van der Waals surface area contributed by atoms with Gasteiger partial charge in [0.15, 0.2) is 5.16 Å². The molecule has 1 amide bonds. The third-order valence-electron chi connectivity index (χ3n) is 2.75. The topological polar surface area (TPSA) is 59.8 Å². The number of aryl methyl sites for hydroxylation is 1. The number of nitrogens with zero attached hydrogens (tertiary/aromatic N) is 3. The van der Waals surface area contributed by atoms with E-state index in [1.54, 1.807) is 0 Å². The summed E-state index contributed by atoms with van der Waals surface area (Å²) in [6.07, 6.45) is 0. The van der Waals surface area contributed by atoms with Gasteiger partial charge >= 0.3 is 0 Å². The largest absolute Gasteiger partial charge is 0.325 e. The van der Waals surface area contributed by atoms with Crippen LogP contribution >= 0.6 is 11.8 Å². The van der Waals surface area contributed by atoms with E-state index in [0.717, 1.165) is 16.7 Å². The number of aromatic nitrogens is 3. The molecule has 6 heteroatoms. The van der Waals surface area contributed by atoms with Crippen molar-refractivity contribution >= 4 is 23.4 Å². The Balaban J connectivity index is 1.98. The molecule has 2 aromatic rings. The summed E-state index contributed by atoms with van der Waals surface area (Å²) < 4.78 is 1.87. The van der Waals surface area contributed by atoms with Crippen LogP contribution in [0.5, 0.6) is 0 Å². The van der Waals surface area contributed by atoms with E-state index in [-0.39, 0.29) is 11.2 Å². The minimum absolute atomic E-state index is 0.0446. The van der Waals surface area contributed by atoms with E-state index in [1.165, 1.54) is 11.8 Å². The molecule has 1 heterocycles. The summed E-state index contributed by atoms with van der Waals surface area (Å²) >= 11 is 1.40. The number of benzene rings is 1. The first kappa shape index (κ1) is 13.6. The smallest absolute Gasteiger partial charge is 0.237 e. The van der Waals surface area contributed by atoms with Crippen molar-refractivity contribution in [1.29, 1.82) is 0 Å². The summed E-state index contributed by atoms with van der Waals surface area (Å²) in [5.41, 5.74) is 0.800. The molecule has 0 aliphatic rings. The highest BCUT2D eigenvalue weighted by atomic mass is 32.2. The molecule has 19 heavy (non-hydrogen) atoms. The van der Waals surface area contributed by atoms with Crippen LogP contribution in [-0.2, 0) is 11.8 Å². The minimum atomic E-state index is -0.234. The maximum atomic E-state index is 12.0. The second kappa shape index (κ2) is 5.88. The summed E-state index contributed by atoms with van der Waals surface area (Å²) in [4.78, 5) is 12.0. The molecular weight excluding hydrogens is 260 g/mol. The van der Waals surface area contributed by atoms with Crippen molar-refractivity contribution in [3.8, 4) is 0 Å². The van der Waals surface area contributed by atoms with Gasteiger partial charge in [-0.3, -0.25) is 4.79 Å². The quantitative estimate of drug-likeness (QED) is 0.870. The first-order valence-electron chi connectivity index (χ1n) is 5.96. The molecule has 0 aliphatic heterocycles. The van der Waals surface area contributed by atoms with Crippen molar-refractivity contribution in [2.45, 2.75) is 24.3 Å². The molecule has 0 saturated carbocycles. The van der Waals surface area contributed by atoms with Crippen molar-refractivity contribution in [3.63, 3.8) is 0 Å². The number of carbonyl (C=O) groups is 1. The Morgan fingerprint density at radius 3 is 2.58 bits per heavy atom. The molecular formula is C13H16N4OS. The second-order valence-corrected chi connectivity index (χ2v) is 5.51. The Hall–Kier alpha value is -1.82. The zero-order valence-corrected chi connectivity index (χ0v) is 11.9. The summed E-state index contributed by atoms with van der Waals surface area (Å²) in [7, 11) is 1.89. The van der Waals surface area contributed by atoms with E-state index in [1.807, 2.05) is 55.8 Å². The predicted molar refractivity (Wildman–Crippen MR) is 76.1 cm³/mol. The molecule has 100 valence electrons. The van der Waals surface area contributed by atoms with Crippen LogP contribution in [0.4, 0.5) is 5.69 Å². The van der Waals surface area contributed by atoms with E-state index in [9.17, 15) is 4.79 Å². The predicted octanol–water partition coefficient (Wildman–Crippen LogP) is 2.24. The van der Waals surface area contributed by atoms with Crippen LogP contribution in [0.2, 0.25) is 0 Å². The van der Waals surface area contributed by atoms with E-state index in [2.05, 4.69) is 15.5 Å². The number of anilines is 1. The summed E-state index contributed by atoms with van der Waals surface area (Å²) in [6.45, 7) is 3.73. The molecule has 0 saturated heterocycles. The molecule has 0 aliphatic carbocycles. The Kier molecular flexibility index (Phi) is 4.21. The number of nitrogens with one attached hydrogen (secondary N) is 1. The molecule has 0 spiro atoms. The number of carbonyl (C=O) groups excluding carboxylic acids is 1. The number of rotatable bonds is 4. The van der Waals surface area contributed by atoms with Crippen LogP contribution in [0.1, 0.15) is 12.7 Å². The van der Waals surface area contributed by atoms with E-state index < -0.39 is 0 Å². The SMILES string of the molecule is Cc1nnc(S[C@H](C)C(=O)Nc2ccccc2)n1C. The highest BCUT2D eigenvalue weighted by Gasteiger charge is 2.17. The van der Waals surface area contributed by atoms with Crippen LogP contribution in [0, 0.1) is 6.92 Å². The van der Waals surface area contributed by atoms with Crippen molar-refractivity contribution in [2.75, 3.05) is 5.32 Å². The Labute approximate surface area is 116 Å². The Morgan fingerprint density at radius 2 is 2.00 bits per heavy atom. The third-order valence-corrected chi connectivity index (χ3v) is 3.88.